The Balaban J connectivity index is 1.55. The summed E-state index contributed by atoms with van der Waals surface area (Å²) in [4.78, 5) is 12.1. The summed E-state index contributed by atoms with van der Waals surface area (Å²) in [6, 6.07) is 12.8. The molecule has 2 N–H and O–H groups in total. The maximum absolute atomic E-state index is 12.1. The molecule has 0 spiro atoms. The number of amides is 1. The zero-order valence-electron chi connectivity index (χ0n) is 15.1. The second-order valence-electron chi connectivity index (χ2n) is 5.96. The van der Waals surface area contributed by atoms with Gasteiger partial charge in [-0.3, -0.25) is 9.89 Å². The van der Waals surface area contributed by atoms with Gasteiger partial charge >= 0.3 is 0 Å². The summed E-state index contributed by atoms with van der Waals surface area (Å²) in [5, 5.41) is 10.7. The van der Waals surface area contributed by atoms with Crippen LogP contribution < -0.4 is 10.2 Å². The molecule has 2 heterocycles. The highest BCUT2D eigenvalue weighted by Crippen LogP contribution is 2.21. The molecule has 0 radical (unpaired) electrons. The van der Waals surface area contributed by atoms with Crippen molar-refractivity contribution in [2.45, 2.75) is 26.2 Å². The van der Waals surface area contributed by atoms with Crippen LogP contribution >= 0.6 is 0 Å². The summed E-state index contributed by atoms with van der Waals surface area (Å²) in [5.74, 6) is 1.00. The minimum absolute atomic E-state index is 0.321. The van der Waals surface area contributed by atoms with Crippen molar-refractivity contribution in [1.29, 1.82) is 0 Å². The smallest absolute Gasteiger partial charge is 0.289 e. The molecular formula is C20H22N4O3. The molecule has 0 unspecified atom stereocenters. The van der Waals surface area contributed by atoms with Crippen molar-refractivity contribution >= 4 is 12.1 Å². The number of aromatic nitrogens is 2. The average molecular weight is 366 g/mol. The van der Waals surface area contributed by atoms with Crippen LogP contribution in [0, 0.1) is 0 Å². The van der Waals surface area contributed by atoms with Gasteiger partial charge in [0, 0.05) is 5.56 Å². The number of ether oxygens (including phenoxy) is 1. The minimum atomic E-state index is -0.382. The highest BCUT2D eigenvalue weighted by molar-refractivity contribution is 5.93. The lowest BCUT2D eigenvalue weighted by atomic mass is 10.1. The summed E-state index contributed by atoms with van der Waals surface area (Å²) < 4.78 is 10.8. The molecule has 0 aliphatic carbocycles. The topological polar surface area (TPSA) is 92.5 Å². The fourth-order valence-corrected chi connectivity index (χ4v) is 2.43. The van der Waals surface area contributed by atoms with Crippen LogP contribution in [0.4, 0.5) is 0 Å². The predicted octanol–water partition coefficient (Wildman–Crippen LogP) is 4.00. The third-order valence-corrected chi connectivity index (χ3v) is 3.89. The van der Waals surface area contributed by atoms with E-state index in [0.717, 1.165) is 24.3 Å². The third-order valence-electron chi connectivity index (χ3n) is 3.89. The van der Waals surface area contributed by atoms with Gasteiger partial charge in [-0.15, -0.1) is 0 Å². The number of rotatable bonds is 9. The molecule has 1 aromatic carbocycles. The van der Waals surface area contributed by atoms with Crippen LogP contribution in [0.5, 0.6) is 5.75 Å². The summed E-state index contributed by atoms with van der Waals surface area (Å²) in [6.45, 7) is 2.89. The number of carbonyl (C=O) groups excluding carboxylic acids is 1. The maximum Gasteiger partial charge on any atom is 0.289 e. The quantitative estimate of drug-likeness (QED) is 0.340. The van der Waals surface area contributed by atoms with Gasteiger partial charge in [0.05, 0.1) is 24.8 Å². The fraction of sp³-hybridized carbons (Fsp3) is 0.250. The van der Waals surface area contributed by atoms with Crippen LogP contribution in [0.15, 0.2) is 58.2 Å². The van der Waals surface area contributed by atoms with Gasteiger partial charge in [0.2, 0.25) is 0 Å². The Bertz CT molecular complexity index is 867. The molecule has 140 valence electrons. The maximum atomic E-state index is 12.1. The van der Waals surface area contributed by atoms with Crippen LogP contribution in [0.25, 0.3) is 11.3 Å². The first-order valence-corrected chi connectivity index (χ1v) is 8.92. The number of aromatic amines is 1. The summed E-state index contributed by atoms with van der Waals surface area (Å²) in [7, 11) is 0. The average Bonchev–Trinajstić information content (AvgIpc) is 3.38. The van der Waals surface area contributed by atoms with Crippen molar-refractivity contribution < 1.29 is 13.9 Å². The number of hydrazone groups is 1. The Morgan fingerprint density at radius 3 is 2.89 bits per heavy atom. The van der Waals surface area contributed by atoms with Crippen molar-refractivity contribution in [2.24, 2.45) is 5.10 Å². The van der Waals surface area contributed by atoms with E-state index in [1.165, 1.54) is 25.3 Å². The van der Waals surface area contributed by atoms with Crippen LogP contribution in [-0.2, 0) is 0 Å². The van der Waals surface area contributed by atoms with E-state index in [2.05, 4.69) is 27.6 Å². The number of H-pyrrole nitrogens is 1. The molecule has 0 fully saturated rings. The lowest BCUT2D eigenvalue weighted by molar-refractivity contribution is 0.0950. The van der Waals surface area contributed by atoms with Gasteiger partial charge < -0.3 is 9.15 Å². The molecule has 0 saturated carbocycles. The second kappa shape index (κ2) is 9.38. The van der Waals surface area contributed by atoms with Crippen LogP contribution in [0.2, 0.25) is 0 Å². The van der Waals surface area contributed by atoms with Gasteiger partial charge in [0.1, 0.15) is 17.2 Å². The second-order valence-corrected chi connectivity index (χ2v) is 5.96. The molecule has 0 saturated heterocycles. The highest BCUT2D eigenvalue weighted by Gasteiger charge is 2.10. The number of furan rings is 1. The Morgan fingerprint density at radius 1 is 1.30 bits per heavy atom. The molecule has 3 rings (SSSR count). The molecule has 7 heteroatoms. The van der Waals surface area contributed by atoms with Gasteiger partial charge in [0.15, 0.2) is 0 Å². The number of benzene rings is 1. The Hall–Kier alpha value is -3.35. The van der Waals surface area contributed by atoms with Crippen molar-refractivity contribution in [3.63, 3.8) is 0 Å². The molecule has 2 aromatic heterocycles. The standard InChI is InChI=1S/C20H22N4O3/c1-2-3-4-11-26-16-9-7-15(8-10-16)18-13-19(23-22-18)20(25)24-21-14-17-6-5-12-27-17/h5-10,12-14H,2-4,11H2,1H3,(H,22,23)(H,24,25)/b21-14+. The van der Waals surface area contributed by atoms with Gasteiger partial charge in [-0.1, -0.05) is 19.8 Å². The molecule has 0 aliphatic rings. The lowest BCUT2D eigenvalue weighted by Gasteiger charge is -2.06. The van der Waals surface area contributed by atoms with Gasteiger partial charge in [0.25, 0.3) is 5.91 Å². The van der Waals surface area contributed by atoms with E-state index in [-0.39, 0.29) is 5.91 Å². The summed E-state index contributed by atoms with van der Waals surface area (Å²) in [6.07, 6.45) is 6.35. The monoisotopic (exact) mass is 366 g/mol. The Labute approximate surface area is 157 Å². The van der Waals surface area contributed by atoms with Crippen molar-refractivity contribution in [1.82, 2.24) is 15.6 Å². The molecule has 0 atom stereocenters. The number of hydrogen-bond donors (Lipinski definition) is 2. The Kier molecular flexibility index (Phi) is 6.40. The number of nitrogens with one attached hydrogen (secondary N) is 2. The van der Waals surface area contributed by atoms with E-state index in [4.69, 9.17) is 9.15 Å². The van der Waals surface area contributed by atoms with Gasteiger partial charge in [-0.05, 0) is 48.9 Å². The molecule has 0 aliphatic heterocycles. The van der Waals surface area contributed by atoms with Gasteiger partial charge in [-0.25, -0.2) is 5.43 Å². The van der Waals surface area contributed by atoms with Crippen LogP contribution in [0.1, 0.15) is 42.4 Å². The first kappa shape index (κ1) is 18.4. The number of hydrogen-bond acceptors (Lipinski definition) is 5. The first-order chi connectivity index (χ1) is 13.3. The van der Waals surface area contributed by atoms with Crippen molar-refractivity contribution in [3.8, 4) is 17.0 Å². The zero-order valence-corrected chi connectivity index (χ0v) is 15.1. The minimum Gasteiger partial charge on any atom is -0.494 e. The summed E-state index contributed by atoms with van der Waals surface area (Å²) >= 11 is 0. The van der Waals surface area contributed by atoms with E-state index >= 15 is 0 Å². The number of carbonyl (C=O) groups is 1. The SMILES string of the molecule is CCCCCOc1ccc(-c2cc(C(=O)N/N=C/c3ccco3)[nH]n2)cc1. The molecule has 1 amide bonds. The third kappa shape index (κ3) is 5.31. The predicted molar refractivity (Wildman–Crippen MR) is 103 cm³/mol. The molecule has 7 nitrogen and oxygen atoms in total. The number of nitrogens with zero attached hydrogens (tertiary/aromatic N) is 2. The van der Waals surface area contributed by atoms with Crippen LogP contribution in [-0.4, -0.2) is 28.9 Å². The van der Waals surface area contributed by atoms with Crippen molar-refractivity contribution in [3.05, 3.63) is 60.2 Å². The molecule has 0 bridgehead atoms. The van der Waals surface area contributed by atoms with Crippen LogP contribution in [0.3, 0.4) is 0 Å². The van der Waals surface area contributed by atoms with Crippen molar-refractivity contribution in [2.75, 3.05) is 6.61 Å². The summed E-state index contributed by atoms with van der Waals surface area (Å²) in [5.41, 5.74) is 4.31. The Morgan fingerprint density at radius 2 is 2.15 bits per heavy atom. The molecule has 27 heavy (non-hydrogen) atoms. The lowest BCUT2D eigenvalue weighted by Crippen LogP contribution is -2.17. The molecule has 3 aromatic rings. The first-order valence-electron chi connectivity index (χ1n) is 8.92. The normalized spacial score (nSPS) is 11.0. The van der Waals surface area contributed by atoms with E-state index in [1.807, 2.05) is 24.3 Å². The highest BCUT2D eigenvalue weighted by atomic mass is 16.5. The largest absolute Gasteiger partial charge is 0.494 e. The van der Waals surface area contributed by atoms with Gasteiger partial charge in [-0.2, -0.15) is 10.2 Å². The number of unbranched alkanes of at least 4 members (excludes halogenated alkanes) is 2. The van der Waals surface area contributed by atoms with E-state index in [0.29, 0.717) is 17.1 Å². The zero-order chi connectivity index (χ0) is 18.9. The van der Waals surface area contributed by atoms with E-state index in [9.17, 15) is 4.79 Å². The van der Waals surface area contributed by atoms with E-state index in [1.54, 1.807) is 18.2 Å². The van der Waals surface area contributed by atoms with E-state index < -0.39 is 0 Å². The fourth-order valence-electron chi connectivity index (χ4n) is 2.43. The molecular weight excluding hydrogens is 344 g/mol.